The van der Waals surface area contributed by atoms with E-state index in [4.69, 9.17) is 4.98 Å². The van der Waals surface area contributed by atoms with E-state index in [1.807, 2.05) is 7.05 Å². The van der Waals surface area contributed by atoms with E-state index in [0.717, 1.165) is 35.9 Å². The van der Waals surface area contributed by atoms with Crippen LogP contribution in [0.1, 0.15) is 58.8 Å². The summed E-state index contributed by atoms with van der Waals surface area (Å²) in [5.41, 5.74) is 1.03. The molecule has 0 fully saturated rings. The van der Waals surface area contributed by atoms with Crippen LogP contribution >= 0.6 is 0 Å². The SMILES string of the molecule is CCC(CC)Nc1nc(C(C)(C)C)nc(NC)c1C. The van der Waals surface area contributed by atoms with Gasteiger partial charge in [0.15, 0.2) is 0 Å². The smallest absolute Gasteiger partial charge is 0.138 e. The van der Waals surface area contributed by atoms with E-state index in [1.165, 1.54) is 0 Å². The molecule has 4 nitrogen and oxygen atoms in total. The van der Waals surface area contributed by atoms with Gasteiger partial charge >= 0.3 is 0 Å². The number of rotatable bonds is 5. The fourth-order valence-electron chi connectivity index (χ4n) is 1.92. The summed E-state index contributed by atoms with van der Waals surface area (Å²) in [5.74, 6) is 2.74. The van der Waals surface area contributed by atoms with E-state index in [1.54, 1.807) is 0 Å². The van der Waals surface area contributed by atoms with Crippen LogP contribution in [0.15, 0.2) is 0 Å². The molecule has 0 aliphatic carbocycles. The van der Waals surface area contributed by atoms with Gasteiger partial charge < -0.3 is 10.6 Å². The van der Waals surface area contributed by atoms with Crippen molar-refractivity contribution >= 4 is 11.6 Å². The Morgan fingerprint density at radius 2 is 1.58 bits per heavy atom. The first-order valence-corrected chi connectivity index (χ1v) is 7.16. The van der Waals surface area contributed by atoms with Gasteiger partial charge in [-0.05, 0) is 19.8 Å². The standard InChI is InChI=1S/C15H28N4/c1-8-11(9-2)17-13-10(3)12(16-7)18-14(19-13)15(4,5)6/h11H,8-9H2,1-7H3,(H2,16,17,18,19). The van der Waals surface area contributed by atoms with Crippen LogP contribution in [0.4, 0.5) is 11.6 Å². The van der Waals surface area contributed by atoms with Crippen LogP contribution in [-0.2, 0) is 5.41 Å². The first kappa shape index (κ1) is 15.7. The quantitative estimate of drug-likeness (QED) is 0.851. The van der Waals surface area contributed by atoms with Crippen LogP contribution in [-0.4, -0.2) is 23.1 Å². The van der Waals surface area contributed by atoms with Crippen LogP contribution in [0.5, 0.6) is 0 Å². The van der Waals surface area contributed by atoms with E-state index < -0.39 is 0 Å². The fraction of sp³-hybridized carbons (Fsp3) is 0.733. The van der Waals surface area contributed by atoms with E-state index in [9.17, 15) is 0 Å². The molecule has 0 bridgehead atoms. The maximum absolute atomic E-state index is 4.73. The molecule has 1 rings (SSSR count). The molecule has 2 N–H and O–H groups in total. The van der Waals surface area contributed by atoms with Crippen molar-refractivity contribution in [3.05, 3.63) is 11.4 Å². The minimum atomic E-state index is -0.0519. The molecule has 0 amide bonds. The zero-order valence-electron chi connectivity index (χ0n) is 13.4. The van der Waals surface area contributed by atoms with Gasteiger partial charge in [-0.25, -0.2) is 9.97 Å². The molecule has 1 aromatic rings. The van der Waals surface area contributed by atoms with Crippen LogP contribution in [0.3, 0.4) is 0 Å². The molecule has 0 atom stereocenters. The topological polar surface area (TPSA) is 49.8 Å². The van der Waals surface area contributed by atoms with Gasteiger partial charge in [0.05, 0.1) is 0 Å². The third-order valence-corrected chi connectivity index (χ3v) is 3.38. The Morgan fingerprint density at radius 3 is 2.00 bits per heavy atom. The minimum absolute atomic E-state index is 0.0519. The van der Waals surface area contributed by atoms with E-state index in [-0.39, 0.29) is 5.41 Å². The molecule has 0 aromatic carbocycles. The van der Waals surface area contributed by atoms with Gasteiger partial charge in [0.25, 0.3) is 0 Å². The van der Waals surface area contributed by atoms with E-state index in [0.29, 0.717) is 6.04 Å². The summed E-state index contributed by atoms with van der Waals surface area (Å²) in [6.07, 6.45) is 2.19. The Bertz CT molecular complexity index is 417. The van der Waals surface area contributed by atoms with Crippen molar-refractivity contribution in [1.29, 1.82) is 0 Å². The first-order chi connectivity index (χ1) is 8.83. The summed E-state index contributed by atoms with van der Waals surface area (Å²) in [4.78, 5) is 9.35. The summed E-state index contributed by atoms with van der Waals surface area (Å²) < 4.78 is 0. The second-order valence-corrected chi connectivity index (χ2v) is 6.03. The van der Waals surface area contributed by atoms with Crippen molar-refractivity contribution in [1.82, 2.24) is 9.97 Å². The summed E-state index contributed by atoms with van der Waals surface area (Å²) in [6.45, 7) is 12.9. The summed E-state index contributed by atoms with van der Waals surface area (Å²) in [6, 6.07) is 0.464. The molecule has 0 unspecified atom stereocenters. The summed E-state index contributed by atoms with van der Waals surface area (Å²) in [5, 5.41) is 6.71. The highest BCUT2D eigenvalue weighted by Crippen LogP contribution is 2.26. The average Bonchev–Trinajstić information content (AvgIpc) is 2.36. The highest BCUT2D eigenvalue weighted by atomic mass is 15.1. The van der Waals surface area contributed by atoms with Crippen molar-refractivity contribution < 1.29 is 0 Å². The molecule has 0 spiro atoms. The van der Waals surface area contributed by atoms with Gasteiger partial charge in [-0.1, -0.05) is 34.6 Å². The van der Waals surface area contributed by atoms with Crippen LogP contribution in [0, 0.1) is 6.92 Å². The predicted molar refractivity (Wildman–Crippen MR) is 83.0 cm³/mol. The van der Waals surface area contributed by atoms with E-state index in [2.05, 4.69) is 57.2 Å². The third kappa shape index (κ3) is 3.82. The zero-order chi connectivity index (χ0) is 14.6. The van der Waals surface area contributed by atoms with Gasteiger partial charge in [-0.3, -0.25) is 0 Å². The lowest BCUT2D eigenvalue weighted by Crippen LogP contribution is -2.23. The number of aromatic nitrogens is 2. The van der Waals surface area contributed by atoms with Crippen molar-refractivity contribution in [2.75, 3.05) is 17.7 Å². The third-order valence-electron chi connectivity index (χ3n) is 3.38. The Morgan fingerprint density at radius 1 is 1.05 bits per heavy atom. The van der Waals surface area contributed by atoms with Crippen molar-refractivity contribution in [3.8, 4) is 0 Å². The molecule has 0 radical (unpaired) electrons. The molecule has 0 aliphatic rings. The van der Waals surface area contributed by atoms with Crippen molar-refractivity contribution in [2.45, 2.75) is 65.8 Å². The van der Waals surface area contributed by atoms with E-state index >= 15 is 0 Å². The van der Waals surface area contributed by atoms with Gasteiger partial charge in [0, 0.05) is 24.1 Å². The molecule has 108 valence electrons. The number of hydrogen-bond donors (Lipinski definition) is 2. The number of nitrogens with one attached hydrogen (secondary N) is 2. The number of hydrogen-bond acceptors (Lipinski definition) is 4. The van der Waals surface area contributed by atoms with Crippen LogP contribution < -0.4 is 10.6 Å². The molecule has 19 heavy (non-hydrogen) atoms. The minimum Gasteiger partial charge on any atom is -0.373 e. The maximum atomic E-state index is 4.73. The number of anilines is 2. The Hall–Kier alpha value is -1.32. The number of nitrogens with zero attached hydrogens (tertiary/aromatic N) is 2. The molecule has 4 heteroatoms. The maximum Gasteiger partial charge on any atom is 0.138 e. The average molecular weight is 264 g/mol. The monoisotopic (exact) mass is 264 g/mol. The second kappa shape index (κ2) is 6.22. The lowest BCUT2D eigenvalue weighted by molar-refractivity contribution is 0.545. The van der Waals surface area contributed by atoms with Gasteiger partial charge in [-0.15, -0.1) is 0 Å². The lowest BCUT2D eigenvalue weighted by Gasteiger charge is -2.23. The molecular formula is C15H28N4. The van der Waals surface area contributed by atoms with Gasteiger partial charge in [0.1, 0.15) is 17.5 Å². The second-order valence-electron chi connectivity index (χ2n) is 6.03. The summed E-state index contributed by atoms with van der Waals surface area (Å²) >= 11 is 0. The molecular weight excluding hydrogens is 236 g/mol. The lowest BCUT2D eigenvalue weighted by atomic mass is 9.95. The molecule has 1 heterocycles. The summed E-state index contributed by atoms with van der Waals surface area (Å²) in [7, 11) is 1.91. The zero-order valence-corrected chi connectivity index (χ0v) is 13.4. The highest BCUT2D eigenvalue weighted by Gasteiger charge is 2.21. The van der Waals surface area contributed by atoms with Crippen molar-refractivity contribution in [2.24, 2.45) is 0 Å². The molecule has 1 aromatic heterocycles. The van der Waals surface area contributed by atoms with Crippen LogP contribution in [0.2, 0.25) is 0 Å². The van der Waals surface area contributed by atoms with Crippen LogP contribution in [0.25, 0.3) is 0 Å². The predicted octanol–water partition coefficient (Wildman–Crippen LogP) is 3.72. The van der Waals surface area contributed by atoms with Gasteiger partial charge in [0.2, 0.25) is 0 Å². The fourth-order valence-corrected chi connectivity index (χ4v) is 1.92. The molecule has 0 saturated carbocycles. The molecule has 0 aliphatic heterocycles. The largest absolute Gasteiger partial charge is 0.373 e. The Kier molecular flexibility index (Phi) is 5.15. The van der Waals surface area contributed by atoms with Gasteiger partial charge in [-0.2, -0.15) is 0 Å². The first-order valence-electron chi connectivity index (χ1n) is 7.16. The highest BCUT2D eigenvalue weighted by molar-refractivity contribution is 5.57. The Balaban J connectivity index is 3.22. The molecule has 0 saturated heterocycles. The normalized spacial score (nSPS) is 11.8. The van der Waals surface area contributed by atoms with Crippen molar-refractivity contribution in [3.63, 3.8) is 0 Å². The Labute approximate surface area is 117 Å².